The Hall–Kier alpha value is -1.27. The summed E-state index contributed by atoms with van der Waals surface area (Å²) in [6.07, 6.45) is 1.52. The number of nitrogens with one attached hydrogen (secondary N) is 1. The lowest BCUT2D eigenvalue weighted by Gasteiger charge is -2.02. The second-order valence-electron chi connectivity index (χ2n) is 3.07. The first-order valence-electron chi connectivity index (χ1n) is 4.53. The second-order valence-corrected chi connectivity index (χ2v) is 4.41. The molecule has 0 atom stereocenters. The quantitative estimate of drug-likeness (QED) is 0.886. The third-order valence-corrected chi connectivity index (χ3v) is 3.20. The molecule has 4 nitrogen and oxygen atoms in total. The first kappa shape index (κ1) is 11.2. The van der Waals surface area contributed by atoms with E-state index >= 15 is 0 Å². The summed E-state index contributed by atoms with van der Waals surface area (Å²) >= 11 is 4.51. The summed E-state index contributed by atoms with van der Waals surface area (Å²) in [5.41, 5.74) is 1.76. The lowest BCUT2D eigenvalue weighted by Crippen LogP contribution is -2.10. The molecule has 6 heteroatoms. The number of anilines is 1. The van der Waals surface area contributed by atoms with E-state index in [1.807, 2.05) is 12.1 Å². The number of rotatable bonds is 3. The summed E-state index contributed by atoms with van der Waals surface area (Å²) in [4.78, 5) is 11.7. The molecule has 1 aromatic heterocycles. The zero-order chi connectivity index (χ0) is 11.4. The fourth-order valence-electron chi connectivity index (χ4n) is 1.15. The third kappa shape index (κ3) is 2.65. The fourth-order valence-corrected chi connectivity index (χ4v) is 1.94. The van der Waals surface area contributed by atoms with Crippen LogP contribution in [0.4, 0.5) is 5.00 Å². The van der Waals surface area contributed by atoms with Crippen molar-refractivity contribution in [2.75, 3.05) is 5.32 Å². The van der Waals surface area contributed by atoms with Gasteiger partial charge in [0.2, 0.25) is 0 Å². The van der Waals surface area contributed by atoms with Crippen LogP contribution in [-0.2, 0) is 5.33 Å². The summed E-state index contributed by atoms with van der Waals surface area (Å²) < 4.78 is 3.67. The smallest absolute Gasteiger partial charge is 0.256 e. The molecule has 16 heavy (non-hydrogen) atoms. The van der Waals surface area contributed by atoms with Gasteiger partial charge in [0.1, 0.15) is 5.00 Å². The maximum Gasteiger partial charge on any atom is 0.256 e. The number of nitrogens with zero attached hydrogens (tertiary/aromatic N) is 2. The molecule has 0 fully saturated rings. The number of carbonyl (C=O) groups excluding carboxylic acids is 1. The number of aromatic nitrogens is 2. The highest BCUT2D eigenvalue weighted by molar-refractivity contribution is 9.08. The summed E-state index contributed by atoms with van der Waals surface area (Å²) in [5.74, 6) is -0.146. The van der Waals surface area contributed by atoms with Gasteiger partial charge in [0.15, 0.2) is 0 Å². The Morgan fingerprint density at radius 1 is 1.38 bits per heavy atom. The fraction of sp³-hybridized carbons (Fsp3) is 0.100. The van der Waals surface area contributed by atoms with Crippen LogP contribution in [0.25, 0.3) is 0 Å². The van der Waals surface area contributed by atoms with Crippen molar-refractivity contribution in [2.45, 2.75) is 5.33 Å². The predicted octanol–water partition coefficient (Wildman–Crippen LogP) is 2.69. The SMILES string of the molecule is O=C(Nc1cnns1)c1ccc(CBr)cc1. The minimum absolute atomic E-state index is 0.146. The first-order chi connectivity index (χ1) is 7.79. The van der Waals surface area contributed by atoms with Gasteiger partial charge in [0.25, 0.3) is 5.91 Å². The number of alkyl halides is 1. The molecule has 1 amide bonds. The van der Waals surface area contributed by atoms with Gasteiger partial charge in [-0.25, -0.2) is 0 Å². The molecule has 1 N–H and O–H groups in total. The Morgan fingerprint density at radius 2 is 2.12 bits per heavy atom. The van der Waals surface area contributed by atoms with Crippen molar-refractivity contribution < 1.29 is 4.79 Å². The Bertz CT molecular complexity index is 469. The van der Waals surface area contributed by atoms with Crippen LogP contribution in [0.5, 0.6) is 0 Å². The average Bonchev–Trinajstić information content (AvgIpc) is 2.82. The van der Waals surface area contributed by atoms with E-state index in [2.05, 4.69) is 30.8 Å². The summed E-state index contributed by atoms with van der Waals surface area (Å²) in [5, 5.41) is 7.80. The largest absolute Gasteiger partial charge is 0.311 e. The minimum atomic E-state index is -0.146. The van der Waals surface area contributed by atoms with E-state index in [-0.39, 0.29) is 5.91 Å². The molecule has 2 aromatic rings. The van der Waals surface area contributed by atoms with E-state index in [1.165, 1.54) is 6.20 Å². The first-order valence-corrected chi connectivity index (χ1v) is 6.42. The molecule has 0 unspecified atom stereocenters. The van der Waals surface area contributed by atoms with E-state index in [1.54, 1.807) is 12.1 Å². The second kappa shape index (κ2) is 5.18. The molecule has 2 rings (SSSR count). The standard InChI is InChI=1S/C10H8BrN3OS/c11-5-7-1-3-8(4-2-7)10(15)13-9-6-12-14-16-9/h1-4,6H,5H2,(H,13,15). The monoisotopic (exact) mass is 297 g/mol. The zero-order valence-electron chi connectivity index (χ0n) is 8.18. The number of benzene rings is 1. The maximum atomic E-state index is 11.7. The lowest BCUT2D eigenvalue weighted by molar-refractivity contribution is 0.102. The molecule has 0 aliphatic rings. The van der Waals surface area contributed by atoms with E-state index in [0.717, 1.165) is 22.4 Å². The minimum Gasteiger partial charge on any atom is -0.311 e. The Balaban J connectivity index is 2.09. The number of amides is 1. The number of hydrogen-bond donors (Lipinski definition) is 1. The maximum absolute atomic E-state index is 11.7. The molecule has 0 spiro atoms. The molecule has 1 aromatic carbocycles. The molecule has 1 heterocycles. The predicted molar refractivity (Wildman–Crippen MR) is 66.9 cm³/mol. The van der Waals surface area contributed by atoms with Gasteiger partial charge in [-0.1, -0.05) is 32.6 Å². The normalized spacial score (nSPS) is 10.1. The van der Waals surface area contributed by atoms with E-state index < -0.39 is 0 Å². The van der Waals surface area contributed by atoms with Crippen LogP contribution in [0, 0.1) is 0 Å². The van der Waals surface area contributed by atoms with E-state index in [4.69, 9.17) is 0 Å². The lowest BCUT2D eigenvalue weighted by atomic mass is 10.1. The van der Waals surface area contributed by atoms with E-state index in [0.29, 0.717) is 10.6 Å². The van der Waals surface area contributed by atoms with Crippen molar-refractivity contribution >= 4 is 38.4 Å². The van der Waals surface area contributed by atoms with Crippen molar-refractivity contribution in [3.05, 3.63) is 41.6 Å². The Kier molecular flexibility index (Phi) is 3.63. The van der Waals surface area contributed by atoms with Crippen molar-refractivity contribution in [2.24, 2.45) is 0 Å². The van der Waals surface area contributed by atoms with Gasteiger partial charge in [-0.15, -0.1) is 5.10 Å². The van der Waals surface area contributed by atoms with Crippen LogP contribution in [-0.4, -0.2) is 15.5 Å². The van der Waals surface area contributed by atoms with Gasteiger partial charge in [0.05, 0.1) is 6.20 Å². The molecule has 0 radical (unpaired) electrons. The van der Waals surface area contributed by atoms with Crippen LogP contribution in [0.15, 0.2) is 30.5 Å². The Morgan fingerprint density at radius 3 is 2.69 bits per heavy atom. The van der Waals surface area contributed by atoms with Crippen LogP contribution in [0.1, 0.15) is 15.9 Å². The molecular formula is C10H8BrN3OS. The van der Waals surface area contributed by atoms with Crippen LogP contribution in [0.3, 0.4) is 0 Å². The van der Waals surface area contributed by atoms with E-state index in [9.17, 15) is 4.79 Å². The van der Waals surface area contributed by atoms with Gasteiger partial charge in [-0.2, -0.15) is 0 Å². The Labute approximate surface area is 105 Å². The van der Waals surface area contributed by atoms with Crippen molar-refractivity contribution in [1.29, 1.82) is 0 Å². The highest BCUT2D eigenvalue weighted by atomic mass is 79.9. The van der Waals surface area contributed by atoms with Gasteiger partial charge in [-0.3, -0.25) is 4.79 Å². The van der Waals surface area contributed by atoms with Crippen molar-refractivity contribution in [3.8, 4) is 0 Å². The summed E-state index contributed by atoms with van der Waals surface area (Å²) in [6, 6.07) is 7.41. The van der Waals surface area contributed by atoms with Crippen LogP contribution >= 0.6 is 27.5 Å². The molecule has 82 valence electrons. The van der Waals surface area contributed by atoms with Gasteiger partial charge >= 0.3 is 0 Å². The number of hydrogen-bond acceptors (Lipinski definition) is 4. The van der Waals surface area contributed by atoms with Crippen LogP contribution in [0.2, 0.25) is 0 Å². The molecule has 0 saturated carbocycles. The van der Waals surface area contributed by atoms with Gasteiger partial charge in [-0.05, 0) is 17.7 Å². The van der Waals surface area contributed by atoms with Crippen LogP contribution < -0.4 is 5.32 Å². The van der Waals surface area contributed by atoms with Gasteiger partial charge in [0, 0.05) is 22.4 Å². The zero-order valence-corrected chi connectivity index (χ0v) is 10.6. The third-order valence-electron chi connectivity index (χ3n) is 1.97. The molecule has 0 bridgehead atoms. The molecular weight excluding hydrogens is 290 g/mol. The number of halogens is 1. The van der Waals surface area contributed by atoms with Crippen molar-refractivity contribution in [3.63, 3.8) is 0 Å². The highest BCUT2D eigenvalue weighted by Crippen LogP contribution is 2.13. The topological polar surface area (TPSA) is 54.9 Å². The highest BCUT2D eigenvalue weighted by Gasteiger charge is 2.06. The summed E-state index contributed by atoms with van der Waals surface area (Å²) in [7, 11) is 0. The number of carbonyl (C=O) groups is 1. The molecule has 0 aliphatic carbocycles. The average molecular weight is 298 g/mol. The summed E-state index contributed by atoms with van der Waals surface area (Å²) in [6.45, 7) is 0. The molecule has 0 aliphatic heterocycles. The molecule has 0 saturated heterocycles. The van der Waals surface area contributed by atoms with Gasteiger partial charge < -0.3 is 5.32 Å². The van der Waals surface area contributed by atoms with Crippen molar-refractivity contribution in [1.82, 2.24) is 9.59 Å².